The number of oxime groups is 1. The van der Waals surface area contributed by atoms with Crippen LogP contribution in [-0.2, 0) is 40.4 Å². The first-order valence-corrected chi connectivity index (χ1v) is 21.5. The van der Waals surface area contributed by atoms with Crippen molar-refractivity contribution in [2.45, 2.75) is 34.9 Å². The quantitative estimate of drug-likeness (QED) is 0.0118. The van der Waals surface area contributed by atoms with Crippen LogP contribution in [0.25, 0.3) is 5.78 Å². The minimum atomic E-state index is -4.25. The molecule has 0 spiro atoms. The van der Waals surface area contributed by atoms with Crippen molar-refractivity contribution in [3.63, 3.8) is 0 Å². The van der Waals surface area contributed by atoms with E-state index >= 15 is 0 Å². The number of ether oxygens (including phenoxy) is 1. The average molecular weight is 924 g/mol. The Bertz CT molecular complexity index is 2780. The van der Waals surface area contributed by atoms with Gasteiger partial charge in [-0.3, -0.25) is 14.5 Å². The molecular formula is C34H30N9NaO13S4. The van der Waals surface area contributed by atoms with Crippen LogP contribution in [0.3, 0.4) is 0 Å². The zero-order valence-electron chi connectivity index (χ0n) is 30.4. The molecule has 0 saturated carbocycles. The van der Waals surface area contributed by atoms with Crippen molar-refractivity contribution in [3.8, 4) is 23.0 Å². The van der Waals surface area contributed by atoms with E-state index in [-0.39, 0.29) is 81.4 Å². The summed E-state index contributed by atoms with van der Waals surface area (Å²) in [6.07, 6.45) is 0. The van der Waals surface area contributed by atoms with E-state index in [1.165, 1.54) is 39.5 Å². The predicted octanol–water partition coefficient (Wildman–Crippen LogP) is 0.685. The number of benzene rings is 2. The van der Waals surface area contributed by atoms with Crippen molar-refractivity contribution in [3.05, 3.63) is 81.9 Å². The minimum absolute atomic E-state index is 0. The van der Waals surface area contributed by atoms with Gasteiger partial charge in [-0.2, -0.15) is 9.50 Å². The van der Waals surface area contributed by atoms with Crippen molar-refractivity contribution in [2.24, 2.45) is 5.16 Å². The monoisotopic (exact) mass is 923 g/mol. The van der Waals surface area contributed by atoms with Gasteiger partial charge in [-0.25, -0.2) is 28.0 Å². The van der Waals surface area contributed by atoms with Crippen LogP contribution in [0.4, 0.5) is 5.13 Å². The summed E-state index contributed by atoms with van der Waals surface area (Å²) in [4.78, 5) is 70.5. The first kappa shape index (κ1) is 44.9. The molecule has 3 aromatic heterocycles. The van der Waals surface area contributed by atoms with E-state index < -0.39 is 84.6 Å². The van der Waals surface area contributed by atoms with E-state index in [0.717, 1.165) is 46.6 Å². The van der Waals surface area contributed by atoms with Gasteiger partial charge in [0.1, 0.15) is 27.8 Å². The van der Waals surface area contributed by atoms with Gasteiger partial charge in [0.2, 0.25) is 15.8 Å². The summed E-state index contributed by atoms with van der Waals surface area (Å²) in [6.45, 7) is 1.35. The number of aryl methyl sites for hydroxylation is 1. The van der Waals surface area contributed by atoms with Gasteiger partial charge in [-0.15, -0.1) is 40.0 Å². The number of hydrogen-bond acceptors (Lipinski definition) is 21. The molecule has 2 aromatic carbocycles. The van der Waals surface area contributed by atoms with E-state index in [2.05, 4.69) is 30.5 Å². The summed E-state index contributed by atoms with van der Waals surface area (Å²) < 4.78 is 32.2. The maximum absolute atomic E-state index is 13.5. The maximum atomic E-state index is 13.5. The second-order valence-electron chi connectivity index (χ2n) is 12.7. The molecule has 8 N–H and O–H groups in total. The SMILES string of the molecule is Cc1cc(SCC2=C(C(=O)O)N3C(=O)[C@@H](NC(=O)/C(=N\OCS(=O)(=O)c4ccc(O)c(O)c4)c4csc(N)n4)[C@H]3SC2)n2nc(COC(=O)c3ccc(O)c(O)c3)nc2n1.[NaH]. The number of aromatic nitrogens is 5. The Morgan fingerprint density at radius 2 is 1.75 bits per heavy atom. The Kier molecular flexibility index (Phi) is 13.4. The molecule has 2 aliphatic heterocycles. The summed E-state index contributed by atoms with van der Waals surface area (Å²) >= 11 is 3.32. The van der Waals surface area contributed by atoms with Crippen molar-refractivity contribution in [2.75, 3.05) is 23.2 Å². The second-order valence-corrected chi connectivity index (χ2v) is 17.6. The first-order chi connectivity index (χ1) is 28.5. The van der Waals surface area contributed by atoms with Crippen LogP contribution in [-0.4, -0.2) is 151 Å². The molecule has 5 aromatic rings. The molecule has 5 heterocycles. The summed E-state index contributed by atoms with van der Waals surface area (Å²) in [7, 11) is -4.25. The number of carboxylic acid groups (broad SMARTS) is 1. The van der Waals surface area contributed by atoms with Crippen LogP contribution in [0.15, 0.2) is 74.2 Å². The fourth-order valence-electron chi connectivity index (χ4n) is 5.71. The predicted molar refractivity (Wildman–Crippen MR) is 218 cm³/mol. The number of rotatable bonds is 14. The van der Waals surface area contributed by atoms with E-state index in [1.807, 2.05) is 0 Å². The number of carbonyl (C=O) groups is 4. The Morgan fingerprint density at radius 3 is 2.43 bits per heavy atom. The second kappa shape index (κ2) is 18.1. The van der Waals surface area contributed by atoms with Crippen molar-refractivity contribution < 1.29 is 62.7 Å². The fraction of sp³-hybridized carbons (Fsp3) is 0.206. The standard InChI is InChI=1S/C34H29N9O13S4.Na.H/c1-14-6-24(43-34(36-14)38-23(40-43)9-55-32(52)15-2-4-19(44)21(46)7-15)57-10-16-11-58-30-26(29(49)42(30)27(16)31(50)51)39-28(48)25(18-12-59-33(35)37-18)41-56-13-60(53,54)17-3-5-20(45)22(47)8-17;;/h2-8,12,26,30,44-47H,9-11,13H2,1H3,(H2,35,37)(H,39,48)(H,50,51);;/b41-25-;;/t26-,30-;;/m1../s1. The summed E-state index contributed by atoms with van der Waals surface area (Å²) in [5.74, 6) is -6.68. The number of amides is 2. The third-order valence-corrected chi connectivity index (χ3v) is 13.1. The van der Waals surface area contributed by atoms with Gasteiger partial charge in [-0.1, -0.05) is 5.16 Å². The van der Waals surface area contributed by atoms with Gasteiger partial charge in [0.05, 0.1) is 10.5 Å². The van der Waals surface area contributed by atoms with Gasteiger partial charge >= 0.3 is 41.5 Å². The number of nitrogen functional groups attached to an aromatic ring is 1. The molecule has 2 amide bonds. The number of β-lactam (4-membered cyclic amide) rings is 1. The van der Waals surface area contributed by atoms with Crippen LogP contribution in [0.5, 0.6) is 23.0 Å². The molecule has 1 saturated heterocycles. The number of phenolic OH excluding ortho intramolecular Hbond substituents is 4. The van der Waals surface area contributed by atoms with Crippen molar-refractivity contribution in [1.82, 2.24) is 34.8 Å². The number of thiazole rings is 1. The molecule has 7 rings (SSSR count). The molecule has 1 fully saturated rings. The molecule has 2 aliphatic rings. The molecule has 0 radical (unpaired) electrons. The average Bonchev–Trinajstić information content (AvgIpc) is 3.83. The number of anilines is 1. The molecule has 27 heteroatoms. The topological polar surface area (TPSA) is 332 Å². The number of phenols is 4. The summed E-state index contributed by atoms with van der Waals surface area (Å²) in [5, 5.41) is 60.3. The molecule has 0 aliphatic carbocycles. The van der Waals surface area contributed by atoms with Crippen LogP contribution >= 0.6 is 34.9 Å². The fourth-order valence-corrected chi connectivity index (χ4v) is 9.69. The Hall–Kier alpha value is -5.64. The number of nitrogens with zero attached hydrogens (tertiary/aromatic N) is 7. The van der Waals surface area contributed by atoms with Crippen molar-refractivity contribution in [1.29, 1.82) is 0 Å². The number of nitrogens with two attached hydrogens (primary N) is 1. The number of fused-ring (bicyclic) bond motifs is 2. The van der Waals surface area contributed by atoms with Gasteiger partial charge in [-0.05, 0) is 48.9 Å². The number of esters is 1. The zero-order chi connectivity index (χ0) is 43.0. The van der Waals surface area contributed by atoms with Crippen LogP contribution in [0, 0.1) is 6.92 Å². The molecule has 0 bridgehead atoms. The van der Waals surface area contributed by atoms with E-state index in [0.29, 0.717) is 16.3 Å². The summed E-state index contributed by atoms with van der Waals surface area (Å²) in [6, 6.07) is 6.71. The number of sulfone groups is 1. The molecule has 0 unspecified atom stereocenters. The molecule has 314 valence electrons. The van der Waals surface area contributed by atoms with Crippen LogP contribution in [0.1, 0.15) is 27.6 Å². The van der Waals surface area contributed by atoms with E-state index in [4.69, 9.17) is 15.3 Å². The van der Waals surface area contributed by atoms with Crippen molar-refractivity contribution >= 4 is 115 Å². The first-order valence-electron chi connectivity index (χ1n) is 16.9. The molecule has 22 nitrogen and oxygen atoms in total. The number of aliphatic carboxylic acids is 1. The number of thioether (sulfide) groups is 2. The summed E-state index contributed by atoms with van der Waals surface area (Å²) in [5.41, 5.74) is 5.76. The van der Waals surface area contributed by atoms with Gasteiger partial charge < -0.3 is 46.2 Å². The molecule has 61 heavy (non-hydrogen) atoms. The Morgan fingerprint density at radius 1 is 1.03 bits per heavy atom. The Labute approximate surface area is 377 Å². The molecule has 2 atom stereocenters. The third-order valence-electron chi connectivity index (χ3n) is 8.57. The van der Waals surface area contributed by atoms with Gasteiger partial charge in [0.15, 0.2) is 46.3 Å². The zero-order valence-corrected chi connectivity index (χ0v) is 33.7. The van der Waals surface area contributed by atoms with Crippen LogP contribution in [0.2, 0.25) is 0 Å². The Balaban J connectivity index is 0.00000622. The number of nitrogens with one attached hydrogen (secondary N) is 1. The number of carbonyl (C=O) groups excluding carboxylic acids is 3. The van der Waals surface area contributed by atoms with Gasteiger partial charge in [0.25, 0.3) is 17.6 Å². The van der Waals surface area contributed by atoms with E-state index in [1.54, 1.807) is 13.0 Å². The number of carboxylic acids is 1. The third kappa shape index (κ3) is 9.48. The van der Waals surface area contributed by atoms with Crippen LogP contribution < -0.4 is 11.1 Å². The number of hydrogen-bond donors (Lipinski definition) is 7. The van der Waals surface area contributed by atoms with Gasteiger partial charge in [0, 0.05) is 28.6 Å². The number of aromatic hydroxyl groups is 4. The normalized spacial score (nSPS) is 16.4. The van der Waals surface area contributed by atoms with E-state index in [9.17, 15) is 53.1 Å². The molecular weight excluding hydrogens is 894 g/mol.